The topological polar surface area (TPSA) is 49.4 Å². The molecule has 0 spiro atoms. The van der Waals surface area contributed by atoms with E-state index in [1.54, 1.807) is 0 Å². The second-order valence-corrected chi connectivity index (χ2v) is 6.71. The Balaban J connectivity index is 2.97. The van der Waals surface area contributed by atoms with Gasteiger partial charge in [0, 0.05) is 6.42 Å². The molecule has 1 aliphatic heterocycles. The van der Waals surface area contributed by atoms with E-state index in [9.17, 15) is 0 Å². The molecule has 0 amide bonds. The number of rotatable bonds is 1. The van der Waals surface area contributed by atoms with E-state index < -0.39 is 9.46 Å². The Morgan fingerprint density at radius 3 is 1.71 bits per heavy atom. The second-order valence-electron chi connectivity index (χ2n) is 4.43. The first-order valence-electron chi connectivity index (χ1n) is 4.07. The summed E-state index contributed by atoms with van der Waals surface area (Å²) in [6.45, 7) is 6.03. The van der Waals surface area contributed by atoms with E-state index in [0.29, 0.717) is 6.42 Å². The molecular weight excluding hydrogens is 246 g/mol. The van der Waals surface area contributed by atoms with E-state index >= 15 is 0 Å². The third kappa shape index (κ3) is 2.55. The molecule has 0 aromatic carbocycles. The van der Waals surface area contributed by atoms with Crippen LogP contribution in [0.1, 0.15) is 27.2 Å². The van der Waals surface area contributed by atoms with Crippen molar-refractivity contribution in [3.8, 4) is 0 Å². The van der Waals surface area contributed by atoms with Crippen LogP contribution in [0.25, 0.3) is 0 Å². The monoisotopic (exact) mass is 256 g/mol. The van der Waals surface area contributed by atoms with Gasteiger partial charge in [-0.25, -0.2) is 0 Å². The fraction of sp³-hybridized carbons (Fsp3) is 1.00. The fourth-order valence-corrected chi connectivity index (χ4v) is 1.66. The summed E-state index contributed by atoms with van der Waals surface area (Å²) in [6, 6.07) is 0. The minimum Gasteiger partial charge on any atom is -0.130 e. The van der Waals surface area contributed by atoms with Crippen LogP contribution in [-0.4, -0.2) is 9.46 Å². The number of hydrogen-bond donors (Lipinski definition) is 0. The summed E-state index contributed by atoms with van der Waals surface area (Å²) in [4.78, 5) is 0. The molecule has 0 aromatic heterocycles. The average Bonchev–Trinajstić information content (AvgIpc) is 2.31. The van der Waals surface area contributed by atoms with Crippen LogP contribution < -0.4 is 0 Å². The van der Waals surface area contributed by atoms with Crippen LogP contribution in [0.4, 0.5) is 0 Å². The van der Waals surface area contributed by atoms with Crippen molar-refractivity contribution in [3.05, 3.63) is 0 Å². The Hall–Kier alpha value is 0.0700. The largest absolute Gasteiger partial charge is 0.242 e. The molecule has 0 N–H and O–H groups in total. The third-order valence-electron chi connectivity index (χ3n) is 1.69. The molecule has 0 aliphatic carbocycles. The van der Waals surface area contributed by atoms with E-state index in [4.69, 9.17) is 34.8 Å². The molecule has 0 aromatic rings. The van der Waals surface area contributed by atoms with Crippen LogP contribution in [0.5, 0.6) is 0 Å². The van der Waals surface area contributed by atoms with Crippen molar-refractivity contribution in [2.24, 2.45) is 26.1 Å². The molecule has 1 aliphatic rings. The van der Waals surface area contributed by atoms with Crippen molar-refractivity contribution in [1.82, 2.24) is 0 Å². The van der Waals surface area contributed by atoms with Crippen LogP contribution in [0.2, 0.25) is 0 Å². The SMILES string of the molecule is CC(C)(C)CC1(C(Cl)(Cl)Cl)N=NN=N1. The van der Waals surface area contributed by atoms with Crippen molar-refractivity contribution in [1.29, 1.82) is 0 Å². The molecule has 0 fully saturated rings. The Morgan fingerprint density at radius 2 is 1.43 bits per heavy atom. The first kappa shape index (κ1) is 12.1. The lowest BCUT2D eigenvalue weighted by molar-refractivity contribution is 0.262. The molecule has 4 nitrogen and oxygen atoms in total. The smallest absolute Gasteiger partial charge is 0.130 e. The molecule has 0 radical (unpaired) electrons. The summed E-state index contributed by atoms with van der Waals surface area (Å²) >= 11 is 17.5. The van der Waals surface area contributed by atoms with Gasteiger partial charge in [0.05, 0.1) is 0 Å². The summed E-state index contributed by atoms with van der Waals surface area (Å²) in [6.07, 6.45) is 0.476. The molecule has 80 valence electrons. The van der Waals surface area contributed by atoms with E-state index in [1.807, 2.05) is 20.8 Å². The van der Waals surface area contributed by atoms with Crippen LogP contribution in [0.15, 0.2) is 20.7 Å². The molecule has 0 unspecified atom stereocenters. The van der Waals surface area contributed by atoms with Crippen LogP contribution >= 0.6 is 34.8 Å². The highest BCUT2D eigenvalue weighted by Crippen LogP contribution is 2.49. The lowest BCUT2D eigenvalue weighted by Crippen LogP contribution is -2.41. The van der Waals surface area contributed by atoms with Gasteiger partial charge in [0.2, 0.25) is 9.46 Å². The highest BCUT2D eigenvalue weighted by Gasteiger charge is 2.53. The molecule has 14 heavy (non-hydrogen) atoms. The van der Waals surface area contributed by atoms with Gasteiger partial charge in [0.25, 0.3) is 0 Å². The van der Waals surface area contributed by atoms with Crippen molar-refractivity contribution in [2.45, 2.75) is 36.6 Å². The number of nitrogens with zero attached hydrogens (tertiary/aromatic N) is 4. The van der Waals surface area contributed by atoms with E-state index in [2.05, 4.69) is 20.7 Å². The quantitative estimate of drug-likeness (QED) is 0.628. The van der Waals surface area contributed by atoms with Crippen molar-refractivity contribution >= 4 is 34.8 Å². The zero-order chi connectivity index (χ0) is 11.0. The summed E-state index contributed by atoms with van der Waals surface area (Å²) in [7, 11) is 0. The minimum absolute atomic E-state index is 0.0771. The molecule has 0 atom stereocenters. The van der Waals surface area contributed by atoms with Gasteiger partial charge in [-0.2, -0.15) is 0 Å². The van der Waals surface area contributed by atoms with Gasteiger partial charge in [-0.15, -0.1) is 10.2 Å². The standard InChI is InChI=1S/C7H11Cl3N4/c1-5(2,3)4-6(7(8,9)10)11-13-14-12-6/h4H2,1-3H3. The van der Waals surface area contributed by atoms with Gasteiger partial charge in [-0.3, -0.25) is 0 Å². The fourth-order valence-electron chi connectivity index (χ4n) is 1.23. The predicted molar refractivity (Wildman–Crippen MR) is 56.8 cm³/mol. The van der Waals surface area contributed by atoms with Gasteiger partial charge in [-0.05, 0) is 15.9 Å². The first-order chi connectivity index (χ1) is 6.16. The molecular formula is C7H11Cl3N4. The summed E-state index contributed by atoms with van der Waals surface area (Å²) < 4.78 is -1.62. The highest BCUT2D eigenvalue weighted by atomic mass is 35.6. The molecule has 7 heteroatoms. The Labute approximate surface area is 97.7 Å². The maximum Gasteiger partial charge on any atom is 0.242 e. The zero-order valence-corrected chi connectivity index (χ0v) is 10.4. The predicted octanol–water partition coefficient (Wildman–Crippen LogP) is 4.32. The van der Waals surface area contributed by atoms with Crippen LogP contribution in [0, 0.1) is 5.41 Å². The van der Waals surface area contributed by atoms with Crippen molar-refractivity contribution in [3.63, 3.8) is 0 Å². The van der Waals surface area contributed by atoms with E-state index in [0.717, 1.165) is 0 Å². The zero-order valence-electron chi connectivity index (χ0n) is 8.13. The van der Waals surface area contributed by atoms with E-state index in [-0.39, 0.29) is 5.41 Å². The Morgan fingerprint density at radius 1 is 1.00 bits per heavy atom. The number of halogens is 3. The third-order valence-corrected chi connectivity index (χ3v) is 2.60. The molecule has 0 saturated heterocycles. The van der Waals surface area contributed by atoms with Crippen molar-refractivity contribution in [2.75, 3.05) is 0 Å². The molecule has 1 rings (SSSR count). The van der Waals surface area contributed by atoms with Crippen LogP contribution in [0.3, 0.4) is 0 Å². The summed E-state index contributed by atoms with van der Waals surface area (Å²) in [5.74, 6) is 0. The lowest BCUT2D eigenvalue weighted by atomic mass is 9.86. The number of alkyl halides is 3. The summed E-state index contributed by atoms with van der Waals surface area (Å²) in [5.41, 5.74) is -1.25. The average molecular weight is 258 g/mol. The minimum atomic E-state index is -1.62. The van der Waals surface area contributed by atoms with Crippen LogP contribution in [-0.2, 0) is 0 Å². The van der Waals surface area contributed by atoms with Gasteiger partial charge in [0.1, 0.15) is 0 Å². The van der Waals surface area contributed by atoms with E-state index in [1.165, 1.54) is 0 Å². The van der Waals surface area contributed by atoms with Gasteiger partial charge in [0.15, 0.2) is 0 Å². The number of hydrogen-bond acceptors (Lipinski definition) is 4. The Kier molecular flexibility index (Phi) is 3.10. The molecule has 0 bridgehead atoms. The van der Waals surface area contributed by atoms with Gasteiger partial charge >= 0.3 is 0 Å². The lowest BCUT2D eigenvalue weighted by Gasteiger charge is -2.32. The first-order valence-corrected chi connectivity index (χ1v) is 5.21. The molecule has 0 saturated carbocycles. The Bertz CT molecular complexity index is 262. The van der Waals surface area contributed by atoms with Gasteiger partial charge < -0.3 is 0 Å². The maximum atomic E-state index is 5.83. The summed E-state index contributed by atoms with van der Waals surface area (Å²) in [5, 5.41) is 14.5. The normalized spacial score (nSPS) is 20.4. The highest BCUT2D eigenvalue weighted by molar-refractivity contribution is 6.68. The second kappa shape index (κ2) is 3.58. The van der Waals surface area contributed by atoms with Gasteiger partial charge in [-0.1, -0.05) is 55.6 Å². The maximum absolute atomic E-state index is 5.83. The molecule has 1 heterocycles. The van der Waals surface area contributed by atoms with Crippen molar-refractivity contribution < 1.29 is 0 Å².